The van der Waals surface area contributed by atoms with Gasteiger partial charge >= 0.3 is 5.97 Å². The number of anilines is 1. The molecule has 0 amide bonds. The van der Waals surface area contributed by atoms with Crippen LogP contribution in [0.2, 0.25) is 5.02 Å². The molecular weight excluding hydrogens is 271 g/mol. The van der Waals surface area contributed by atoms with Crippen molar-refractivity contribution >= 4 is 23.4 Å². The van der Waals surface area contributed by atoms with E-state index in [4.69, 9.17) is 16.7 Å². The molecule has 19 heavy (non-hydrogen) atoms. The third kappa shape index (κ3) is 3.42. The van der Waals surface area contributed by atoms with E-state index in [-0.39, 0.29) is 16.5 Å². The Balaban J connectivity index is 2.12. The van der Waals surface area contributed by atoms with Gasteiger partial charge in [-0.2, -0.15) is 0 Å². The molecule has 6 heteroatoms. The van der Waals surface area contributed by atoms with Gasteiger partial charge in [0.25, 0.3) is 0 Å². The Morgan fingerprint density at radius 1 is 1.37 bits per heavy atom. The molecule has 1 heterocycles. The average Bonchev–Trinajstić information content (AvgIpc) is 2.37. The highest BCUT2D eigenvalue weighted by molar-refractivity contribution is 6.33. The molecule has 2 N–H and O–H groups in total. The molecule has 2 rings (SSSR count). The summed E-state index contributed by atoms with van der Waals surface area (Å²) in [6.45, 7) is 0.339. The highest BCUT2D eigenvalue weighted by atomic mass is 35.5. The number of rotatable bonds is 4. The quantitative estimate of drug-likeness (QED) is 0.903. The fraction of sp³-hybridized carbons (Fsp3) is 0.0769. The van der Waals surface area contributed by atoms with Crippen molar-refractivity contribution in [2.24, 2.45) is 0 Å². The number of carboxylic acid groups (broad SMARTS) is 1. The van der Waals surface area contributed by atoms with Crippen LogP contribution in [0.3, 0.4) is 0 Å². The Hall–Kier alpha value is -2.14. The van der Waals surface area contributed by atoms with Crippen LogP contribution in [0.25, 0.3) is 0 Å². The normalized spacial score (nSPS) is 10.2. The number of carbonyl (C=O) groups is 1. The van der Waals surface area contributed by atoms with Crippen molar-refractivity contribution in [3.8, 4) is 0 Å². The van der Waals surface area contributed by atoms with Crippen LogP contribution in [-0.2, 0) is 6.54 Å². The van der Waals surface area contributed by atoms with Crippen LogP contribution in [0.4, 0.5) is 10.2 Å². The van der Waals surface area contributed by atoms with Crippen LogP contribution in [-0.4, -0.2) is 16.1 Å². The summed E-state index contributed by atoms with van der Waals surface area (Å²) in [6.07, 6.45) is 0. The second kappa shape index (κ2) is 5.67. The van der Waals surface area contributed by atoms with Gasteiger partial charge < -0.3 is 10.4 Å². The molecule has 2 aromatic rings. The van der Waals surface area contributed by atoms with Gasteiger partial charge in [-0.15, -0.1) is 0 Å². The van der Waals surface area contributed by atoms with Gasteiger partial charge in [-0.05, 0) is 29.8 Å². The molecule has 98 valence electrons. The molecular formula is C13H10ClFN2O2. The van der Waals surface area contributed by atoms with Crippen molar-refractivity contribution in [1.29, 1.82) is 0 Å². The van der Waals surface area contributed by atoms with Crippen molar-refractivity contribution in [3.63, 3.8) is 0 Å². The van der Waals surface area contributed by atoms with E-state index < -0.39 is 5.97 Å². The third-order valence-corrected chi connectivity index (χ3v) is 2.72. The number of halogens is 2. The number of benzene rings is 1. The number of hydrogen-bond donors (Lipinski definition) is 2. The maximum absolute atomic E-state index is 13.0. The lowest BCUT2D eigenvalue weighted by Crippen LogP contribution is -2.06. The van der Waals surface area contributed by atoms with E-state index in [9.17, 15) is 9.18 Å². The van der Waals surface area contributed by atoms with Crippen LogP contribution in [0.5, 0.6) is 0 Å². The van der Waals surface area contributed by atoms with Gasteiger partial charge in [-0.1, -0.05) is 23.7 Å². The Kier molecular flexibility index (Phi) is 3.97. The number of nitrogens with zero attached hydrogens (tertiary/aromatic N) is 1. The number of aromatic nitrogens is 1. The fourth-order valence-corrected chi connectivity index (χ4v) is 1.72. The molecule has 4 nitrogen and oxygen atoms in total. The maximum atomic E-state index is 13.0. The number of hydrogen-bond acceptors (Lipinski definition) is 3. The van der Waals surface area contributed by atoms with Gasteiger partial charge in [0.1, 0.15) is 11.6 Å². The summed E-state index contributed by atoms with van der Waals surface area (Å²) >= 11 is 5.71. The van der Waals surface area contributed by atoms with Crippen LogP contribution in [0.1, 0.15) is 16.1 Å². The molecule has 0 radical (unpaired) electrons. The molecule has 0 aliphatic heterocycles. The van der Waals surface area contributed by atoms with Gasteiger partial charge in [-0.25, -0.2) is 14.2 Å². The van der Waals surface area contributed by atoms with E-state index in [0.29, 0.717) is 12.4 Å². The topological polar surface area (TPSA) is 62.2 Å². The molecule has 0 spiro atoms. The minimum Gasteiger partial charge on any atom is -0.476 e. The van der Waals surface area contributed by atoms with Gasteiger partial charge in [-0.3, -0.25) is 0 Å². The van der Waals surface area contributed by atoms with Crippen molar-refractivity contribution in [2.45, 2.75) is 6.54 Å². The largest absolute Gasteiger partial charge is 0.476 e. The molecule has 1 aromatic carbocycles. The highest BCUT2D eigenvalue weighted by Crippen LogP contribution is 2.17. The lowest BCUT2D eigenvalue weighted by molar-refractivity contribution is 0.0691. The van der Waals surface area contributed by atoms with Crippen LogP contribution >= 0.6 is 11.6 Å². The van der Waals surface area contributed by atoms with Crippen molar-refractivity contribution < 1.29 is 14.3 Å². The first-order chi connectivity index (χ1) is 9.06. The Labute approximate surface area is 113 Å². The van der Waals surface area contributed by atoms with E-state index in [1.54, 1.807) is 18.2 Å². The summed E-state index contributed by atoms with van der Waals surface area (Å²) < 4.78 is 13.0. The van der Waals surface area contributed by atoms with E-state index in [1.807, 2.05) is 0 Å². The summed E-state index contributed by atoms with van der Waals surface area (Å²) in [7, 11) is 0. The Bertz CT molecular complexity index is 619. The van der Waals surface area contributed by atoms with Gasteiger partial charge in [0.2, 0.25) is 0 Å². The number of pyridine rings is 1. The summed E-state index contributed by atoms with van der Waals surface area (Å²) in [5, 5.41) is 11.9. The number of nitrogens with one attached hydrogen (secondary N) is 1. The predicted octanol–water partition coefficient (Wildman–Crippen LogP) is 3.18. The van der Waals surface area contributed by atoms with Crippen molar-refractivity contribution in [2.75, 3.05) is 5.32 Å². The monoisotopic (exact) mass is 280 g/mol. The van der Waals surface area contributed by atoms with E-state index in [0.717, 1.165) is 5.56 Å². The van der Waals surface area contributed by atoms with E-state index in [1.165, 1.54) is 18.2 Å². The first-order valence-electron chi connectivity index (χ1n) is 5.44. The van der Waals surface area contributed by atoms with Gasteiger partial charge in [0, 0.05) is 6.54 Å². The summed E-state index contributed by atoms with van der Waals surface area (Å²) in [5.74, 6) is -1.15. The Morgan fingerprint density at radius 3 is 2.84 bits per heavy atom. The zero-order valence-corrected chi connectivity index (χ0v) is 10.5. The molecule has 1 aromatic heterocycles. The molecule has 0 fully saturated rings. The molecule has 0 saturated heterocycles. The van der Waals surface area contributed by atoms with Crippen LogP contribution in [0.15, 0.2) is 36.4 Å². The molecule has 0 aliphatic rings. The fourth-order valence-electron chi connectivity index (χ4n) is 1.53. The number of carboxylic acids is 1. The maximum Gasteiger partial charge on any atom is 0.356 e. The minimum atomic E-state index is -1.19. The molecule has 0 saturated carbocycles. The minimum absolute atomic E-state index is 0.0730. The summed E-state index contributed by atoms with van der Waals surface area (Å²) in [6, 6.07) is 9.11. The average molecular weight is 281 g/mol. The lowest BCUT2D eigenvalue weighted by atomic mass is 10.2. The van der Waals surface area contributed by atoms with Crippen molar-refractivity contribution in [1.82, 2.24) is 4.98 Å². The lowest BCUT2D eigenvalue weighted by Gasteiger charge is -2.07. The first kappa shape index (κ1) is 13.3. The molecule has 0 aliphatic carbocycles. The predicted molar refractivity (Wildman–Crippen MR) is 69.9 cm³/mol. The zero-order valence-electron chi connectivity index (χ0n) is 9.73. The first-order valence-corrected chi connectivity index (χ1v) is 5.82. The summed E-state index contributed by atoms with van der Waals surface area (Å²) in [4.78, 5) is 14.7. The second-order valence-electron chi connectivity index (χ2n) is 3.82. The van der Waals surface area contributed by atoms with Crippen LogP contribution in [0, 0.1) is 5.82 Å². The van der Waals surface area contributed by atoms with E-state index in [2.05, 4.69) is 10.3 Å². The van der Waals surface area contributed by atoms with E-state index >= 15 is 0 Å². The van der Waals surface area contributed by atoms with Gasteiger partial charge in [0.15, 0.2) is 5.69 Å². The van der Waals surface area contributed by atoms with Crippen molar-refractivity contribution in [3.05, 3.63) is 58.5 Å². The van der Waals surface area contributed by atoms with Gasteiger partial charge in [0.05, 0.1) is 5.02 Å². The highest BCUT2D eigenvalue weighted by Gasteiger charge is 2.11. The zero-order chi connectivity index (χ0) is 13.8. The molecule has 0 atom stereocenters. The smallest absolute Gasteiger partial charge is 0.356 e. The number of aromatic carboxylic acids is 1. The Morgan fingerprint density at radius 2 is 2.16 bits per heavy atom. The van der Waals surface area contributed by atoms with Crippen LogP contribution < -0.4 is 5.32 Å². The standard InChI is InChI=1S/C13H10ClFN2O2/c14-10-4-5-11(17-12(10)13(18)19)16-7-8-2-1-3-9(15)6-8/h1-6H,7H2,(H,16,17)(H,18,19). The molecule has 0 bridgehead atoms. The molecule has 0 unspecified atom stereocenters. The second-order valence-corrected chi connectivity index (χ2v) is 4.22. The third-order valence-electron chi connectivity index (χ3n) is 2.41. The SMILES string of the molecule is O=C(O)c1nc(NCc2cccc(F)c2)ccc1Cl. The summed E-state index contributed by atoms with van der Waals surface area (Å²) in [5.41, 5.74) is 0.513.